The van der Waals surface area contributed by atoms with Crippen LogP contribution in [0.2, 0.25) is 0 Å². The highest BCUT2D eigenvalue weighted by Crippen LogP contribution is 2.31. The SMILES string of the molecule is O=C(O)c1ccc(Oc2ccc(C(F)(F)F)cc2)cn1. The van der Waals surface area contributed by atoms with Crippen LogP contribution in [-0.4, -0.2) is 16.1 Å². The van der Waals surface area contributed by atoms with Crippen LogP contribution in [0, 0.1) is 0 Å². The molecule has 0 saturated carbocycles. The molecule has 0 aliphatic rings. The molecule has 2 rings (SSSR count). The molecule has 1 aromatic carbocycles. The molecule has 1 aromatic heterocycles. The Kier molecular flexibility index (Phi) is 3.60. The van der Waals surface area contributed by atoms with Crippen LogP contribution in [-0.2, 0) is 6.18 Å². The lowest BCUT2D eigenvalue weighted by molar-refractivity contribution is -0.137. The Morgan fingerprint density at radius 2 is 1.65 bits per heavy atom. The Hall–Kier alpha value is -2.57. The van der Waals surface area contributed by atoms with E-state index in [4.69, 9.17) is 9.84 Å². The molecular formula is C13H8F3NO3. The van der Waals surface area contributed by atoms with Gasteiger partial charge in [-0.15, -0.1) is 0 Å². The lowest BCUT2D eigenvalue weighted by atomic mass is 10.2. The highest BCUT2D eigenvalue weighted by Gasteiger charge is 2.30. The third-order valence-corrected chi connectivity index (χ3v) is 2.37. The largest absolute Gasteiger partial charge is 0.477 e. The second kappa shape index (κ2) is 5.20. The predicted octanol–water partition coefficient (Wildman–Crippen LogP) is 3.59. The Morgan fingerprint density at radius 3 is 2.10 bits per heavy atom. The van der Waals surface area contributed by atoms with Gasteiger partial charge in [0, 0.05) is 0 Å². The highest BCUT2D eigenvalue weighted by molar-refractivity contribution is 5.85. The molecule has 0 unspecified atom stereocenters. The molecule has 1 heterocycles. The van der Waals surface area contributed by atoms with E-state index < -0.39 is 17.7 Å². The molecule has 7 heteroatoms. The second-order valence-corrected chi connectivity index (χ2v) is 3.81. The standard InChI is InChI=1S/C13H8F3NO3/c14-13(15,16)8-1-3-9(4-2-8)20-10-5-6-11(12(18)19)17-7-10/h1-7H,(H,18,19). The fourth-order valence-corrected chi connectivity index (χ4v) is 1.42. The van der Waals surface area contributed by atoms with Crippen molar-refractivity contribution in [1.29, 1.82) is 0 Å². The van der Waals surface area contributed by atoms with E-state index in [1.807, 2.05) is 0 Å². The Bertz CT molecular complexity index is 606. The van der Waals surface area contributed by atoms with Crippen molar-refractivity contribution in [3.8, 4) is 11.5 Å². The van der Waals surface area contributed by atoms with Crippen molar-refractivity contribution in [1.82, 2.24) is 4.98 Å². The minimum Gasteiger partial charge on any atom is -0.477 e. The monoisotopic (exact) mass is 283 g/mol. The fraction of sp³-hybridized carbons (Fsp3) is 0.0769. The van der Waals surface area contributed by atoms with Crippen molar-refractivity contribution in [2.24, 2.45) is 0 Å². The van der Waals surface area contributed by atoms with Crippen LogP contribution < -0.4 is 4.74 Å². The van der Waals surface area contributed by atoms with Gasteiger partial charge in [-0.05, 0) is 36.4 Å². The zero-order valence-electron chi connectivity index (χ0n) is 9.89. The van der Waals surface area contributed by atoms with Gasteiger partial charge in [0.05, 0.1) is 11.8 Å². The van der Waals surface area contributed by atoms with Gasteiger partial charge in [-0.3, -0.25) is 0 Å². The summed E-state index contributed by atoms with van der Waals surface area (Å²) in [6, 6.07) is 6.75. The van der Waals surface area contributed by atoms with Crippen molar-refractivity contribution < 1.29 is 27.8 Å². The highest BCUT2D eigenvalue weighted by atomic mass is 19.4. The molecule has 0 aliphatic carbocycles. The summed E-state index contributed by atoms with van der Waals surface area (Å²) in [6.07, 6.45) is -3.22. The molecule has 0 radical (unpaired) electrons. The lowest BCUT2D eigenvalue weighted by Crippen LogP contribution is -2.04. The molecule has 20 heavy (non-hydrogen) atoms. The molecule has 2 aromatic rings. The molecule has 104 valence electrons. The molecule has 0 amide bonds. The van der Waals surface area contributed by atoms with Crippen LogP contribution in [0.5, 0.6) is 11.5 Å². The van der Waals surface area contributed by atoms with Crippen molar-refractivity contribution in [3.63, 3.8) is 0 Å². The molecule has 0 aliphatic heterocycles. The topological polar surface area (TPSA) is 59.4 Å². The molecule has 0 saturated heterocycles. The van der Waals surface area contributed by atoms with Gasteiger partial charge in [0.25, 0.3) is 0 Å². The predicted molar refractivity (Wildman–Crippen MR) is 62.7 cm³/mol. The second-order valence-electron chi connectivity index (χ2n) is 3.81. The Balaban J connectivity index is 2.12. The van der Waals surface area contributed by atoms with Gasteiger partial charge in [-0.1, -0.05) is 0 Å². The quantitative estimate of drug-likeness (QED) is 0.935. The summed E-state index contributed by atoms with van der Waals surface area (Å²) < 4.78 is 42.3. The number of nitrogens with zero attached hydrogens (tertiary/aromatic N) is 1. The molecular weight excluding hydrogens is 275 g/mol. The van der Waals surface area contributed by atoms with E-state index in [2.05, 4.69) is 4.98 Å². The third-order valence-electron chi connectivity index (χ3n) is 2.37. The van der Waals surface area contributed by atoms with Gasteiger partial charge < -0.3 is 9.84 Å². The van der Waals surface area contributed by atoms with Crippen LogP contribution in [0.3, 0.4) is 0 Å². The number of halogens is 3. The number of aromatic carboxylic acids is 1. The number of aromatic nitrogens is 1. The first-order valence-electron chi connectivity index (χ1n) is 5.41. The average molecular weight is 283 g/mol. The molecule has 0 atom stereocenters. The zero-order chi connectivity index (χ0) is 14.8. The van der Waals surface area contributed by atoms with Crippen LogP contribution in [0.1, 0.15) is 16.1 Å². The first-order valence-corrected chi connectivity index (χ1v) is 5.41. The molecule has 1 N–H and O–H groups in total. The van der Waals surface area contributed by atoms with Gasteiger partial charge in [0.15, 0.2) is 0 Å². The maximum absolute atomic E-state index is 12.4. The Morgan fingerprint density at radius 1 is 1.05 bits per heavy atom. The van der Waals surface area contributed by atoms with E-state index in [1.165, 1.54) is 30.5 Å². The van der Waals surface area contributed by atoms with Crippen molar-refractivity contribution >= 4 is 5.97 Å². The maximum Gasteiger partial charge on any atom is 0.416 e. The van der Waals surface area contributed by atoms with Gasteiger partial charge in [-0.25, -0.2) is 9.78 Å². The summed E-state index contributed by atoms with van der Waals surface area (Å²) in [5, 5.41) is 8.66. The number of carboxylic acid groups (broad SMARTS) is 1. The average Bonchev–Trinajstić information content (AvgIpc) is 2.39. The van der Waals surface area contributed by atoms with Crippen LogP contribution in [0.25, 0.3) is 0 Å². The number of carbonyl (C=O) groups is 1. The number of pyridine rings is 1. The maximum atomic E-state index is 12.4. The fourth-order valence-electron chi connectivity index (χ4n) is 1.42. The first-order chi connectivity index (χ1) is 9.36. The van der Waals surface area contributed by atoms with Gasteiger partial charge in [-0.2, -0.15) is 13.2 Å². The molecule has 0 bridgehead atoms. The van der Waals surface area contributed by atoms with Crippen molar-refractivity contribution in [3.05, 3.63) is 53.9 Å². The first kappa shape index (κ1) is 13.9. The summed E-state index contributed by atoms with van der Waals surface area (Å²) in [5.41, 5.74) is -0.922. The lowest BCUT2D eigenvalue weighted by Gasteiger charge is -2.08. The van der Waals surface area contributed by atoms with E-state index in [1.54, 1.807) is 0 Å². The molecule has 0 spiro atoms. The van der Waals surface area contributed by atoms with Gasteiger partial charge in [0.1, 0.15) is 17.2 Å². The summed E-state index contributed by atoms with van der Waals surface area (Å²) >= 11 is 0. The number of ether oxygens (including phenoxy) is 1. The van der Waals surface area contributed by atoms with Gasteiger partial charge in [0.2, 0.25) is 0 Å². The minimum absolute atomic E-state index is 0.148. The van der Waals surface area contributed by atoms with Crippen LogP contribution in [0.15, 0.2) is 42.6 Å². The summed E-state index contributed by atoms with van der Waals surface area (Å²) in [7, 11) is 0. The zero-order valence-corrected chi connectivity index (χ0v) is 9.89. The summed E-state index contributed by atoms with van der Waals surface area (Å²) in [4.78, 5) is 14.2. The Labute approximate surface area is 111 Å². The van der Waals surface area contributed by atoms with E-state index in [9.17, 15) is 18.0 Å². The van der Waals surface area contributed by atoms with E-state index >= 15 is 0 Å². The summed E-state index contributed by atoms with van der Waals surface area (Å²) in [6.45, 7) is 0. The normalized spacial score (nSPS) is 11.2. The van der Waals surface area contributed by atoms with E-state index in [0.29, 0.717) is 0 Å². The van der Waals surface area contributed by atoms with E-state index in [0.717, 1.165) is 12.1 Å². The molecule has 4 nitrogen and oxygen atoms in total. The number of alkyl halides is 3. The smallest absolute Gasteiger partial charge is 0.416 e. The minimum atomic E-state index is -4.40. The van der Waals surface area contributed by atoms with Gasteiger partial charge >= 0.3 is 12.1 Å². The molecule has 0 fully saturated rings. The number of hydrogen-bond donors (Lipinski definition) is 1. The number of rotatable bonds is 3. The van der Waals surface area contributed by atoms with Crippen molar-refractivity contribution in [2.75, 3.05) is 0 Å². The van der Waals surface area contributed by atoms with Crippen molar-refractivity contribution in [2.45, 2.75) is 6.18 Å². The van der Waals surface area contributed by atoms with Crippen LogP contribution in [0.4, 0.5) is 13.2 Å². The number of hydrogen-bond acceptors (Lipinski definition) is 3. The number of carboxylic acids is 1. The third kappa shape index (κ3) is 3.25. The van der Waals surface area contributed by atoms with Crippen LogP contribution >= 0.6 is 0 Å². The summed E-state index contributed by atoms with van der Waals surface area (Å²) in [5.74, 6) is -0.747. The number of benzene rings is 1. The van der Waals surface area contributed by atoms with E-state index in [-0.39, 0.29) is 17.2 Å².